The molecule has 0 heterocycles. The Bertz CT molecular complexity index is 487. The third-order valence-electron chi connectivity index (χ3n) is 2.45. The molecule has 0 fully saturated rings. The van der Waals surface area contributed by atoms with Gasteiger partial charge in [0.05, 0.1) is 17.1 Å². The highest BCUT2D eigenvalue weighted by atomic mass is 32.2. The van der Waals surface area contributed by atoms with E-state index in [0.29, 0.717) is 5.69 Å². The highest BCUT2D eigenvalue weighted by Gasteiger charge is 2.26. The van der Waals surface area contributed by atoms with E-state index in [1.54, 1.807) is 0 Å². The third kappa shape index (κ3) is 4.46. The molecule has 4 N–H and O–H groups in total. The number of benzene rings is 1. The van der Waals surface area contributed by atoms with Crippen LogP contribution in [0.2, 0.25) is 0 Å². The molecule has 0 amide bonds. The van der Waals surface area contributed by atoms with E-state index in [1.165, 1.54) is 38.1 Å². The summed E-state index contributed by atoms with van der Waals surface area (Å²) in [6.07, 6.45) is -1.63. The van der Waals surface area contributed by atoms with E-state index in [1.807, 2.05) is 0 Å². The van der Waals surface area contributed by atoms with Gasteiger partial charge in [-0.2, -0.15) is 4.31 Å². The van der Waals surface area contributed by atoms with Crippen LogP contribution in [0.25, 0.3) is 0 Å². The van der Waals surface area contributed by atoms with Crippen LogP contribution in [0, 0.1) is 0 Å². The summed E-state index contributed by atoms with van der Waals surface area (Å²) in [6, 6.07) is 5.80. The number of sulfonamides is 1. The smallest absolute Gasteiger partial charge is 0.243 e. The molecule has 1 rings (SSSR count). The van der Waals surface area contributed by atoms with Gasteiger partial charge in [0, 0.05) is 18.8 Å². The fourth-order valence-corrected chi connectivity index (χ4v) is 3.25. The highest BCUT2D eigenvalue weighted by Crippen LogP contribution is 2.18. The average Bonchev–Trinajstić information content (AvgIpc) is 2.27. The van der Waals surface area contributed by atoms with E-state index < -0.39 is 22.2 Å². The Kier molecular flexibility index (Phi) is 5.30. The molecule has 0 saturated heterocycles. The summed E-state index contributed by atoms with van der Waals surface area (Å²) in [5.41, 5.74) is 5.99. The topological polar surface area (TPSA) is 104 Å². The molecule has 0 spiro atoms. The van der Waals surface area contributed by atoms with Crippen LogP contribution < -0.4 is 5.73 Å². The summed E-state index contributed by atoms with van der Waals surface area (Å²) in [6.45, 7) is 2.84. The second-order valence-electron chi connectivity index (χ2n) is 4.59. The first-order chi connectivity index (χ1) is 8.73. The Balaban J connectivity index is 3.07. The molecular formula is C12H20N2O4S. The van der Waals surface area contributed by atoms with Gasteiger partial charge in [-0.3, -0.25) is 0 Å². The highest BCUT2D eigenvalue weighted by molar-refractivity contribution is 7.89. The molecule has 1 aromatic carbocycles. The molecule has 0 radical (unpaired) electrons. The summed E-state index contributed by atoms with van der Waals surface area (Å²) in [5, 5.41) is 18.8. The molecule has 7 heteroatoms. The van der Waals surface area contributed by atoms with Crippen molar-refractivity contribution in [3.05, 3.63) is 24.3 Å². The van der Waals surface area contributed by atoms with Gasteiger partial charge in [-0.1, -0.05) is 0 Å². The molecule has 0 aliphatic heterocycles. The van der Waals surface area contributed by atoms with Gasteiger partial charge in [-0.05, 0) is 38.1 Å². The minimum absolute atomic E-state index is 0.0718. The number of rotatable bonds is 6. The standard InChI is InChI=1S/C12H20N2O4S/c1-9(15)7-14(8-10(2)16)19(17,18)12-5-3-11(13)4-6-12/h3-6,9-10,15-16H,7-8,13H2,1-2H3. The Morgan fingerprint density at radius 2 is 1.53 bits per heavy atom. The first kappa shape index (κ1) is 15.9. The van der Waals surface area contributed by atoms with E-state index in [-0.39, 0.29) is 18.0 Å². The molecule has 6 nitrogen and oxygen atoms in total. The zero-order valence-electron chi connectivity index (χ0n) is 11.0. The predicted octanol–water partition coefficient (Wildman–Crippen LogP) is 0.0211. The first-order valence-electron chi connectivity index (χ1n) is 5.95. The van der Waals surface area contributed by atoms with Gasteiger partial charge in [-0.25, -0.2) is 8.42 Å². The van der Waals surface area contributed by atoms with Gasteiger partial charge >= 0.3 is 0 Å². The molecule has 0 aliphatic rings. The van der Waals surface area contributed by atoms with E-state index >= 15 is 0 Å². The lowest BCUT2D eigenvalue weighted by atomic mass is 10.3. The summed E-state index contributed by atoms with van der Waals surface area (Å²) in [7, 11) is -3.75. The molecule has 108 valence electrons. The molecule has 2 unspecified atom stereocenters. The quantitative estimate of drug-likeness (QED) is 0.640. The fourth-order valence-electron chi connectivity index (χ4n) is 1.65. The van der Waals surface area contributed by atoms with Crippen molar-refractivity contribution in [2.45, 2.75) is 31.0 Å². The molecule has 0 saturated carbocycles. The van der Waals surface area contributed by atoms with Crippen molar-refractivity contribution in [1.29, 1.82) is 0 Å². The summed E-state index contributed by atoms with van der Waals surface area (Å²) in [4.78, 5) is 0.0861. The van der Waals surface area contributed by atoms with Crippen molar-refractivity contribution in [3.63, 3.8) is 0 Å². The van der Waals surface area contributed by atoms with Crippen molar-refractivity contribution < 1.29 is 18.6 Å². The van der Waals surface area contributed by atoms with Crippen LogP contribution in [-0.4, -0.2) is 48.2 Å². The van der Waals surface area contributed by atoms with Crippen molar-refractivity contribution in [3.8, 4) is 0 Å². The maximum Gasteiger partial charge on any atom is 0.243 e. The van der Waals surface area contributed by atoms with Gasteiger partial charge in [-0.15, -0.1) is 0 Å². The second-order valence-corrected chi connectivity index (χ2v) is 6.53. The van der Waals surface area contributed by atoms with Crippen LogP contribution in [0.3, 0.4) is 0 Å². The molecule has 19 heavy (non-hydrogen) atoms. The van der Waals surface area contributed by atoms with Crippen molar-refractivity contribution in [2.75, 3.05) is 18.8 Å². The van der Waals surface area contributed by atoms with Crippen molar-refractivity contribution in [2.24, 2.45) is 0 Å². The number of nitrogens with zero attached hydrogens (tertiary/aromatic N) is 1. The van der Waals surface area contributed by atoms with E-state index in [9.17, 15) is 18.6 Å². The molecule has 0 aliphatic carbocycles. The predicted molar refractivity (Wildman–Crippen MR) is 73.0 cm³/mol. The van der Waals surface area contributed by atoms with Crippen molar-refractivity contribution in [1.82, 2.24) is 4.31 Å². The Morgan fingerprint density at radius 3 is 1.89 bits per heavy atom. The van der Waals surface area contributed by atoms with Gasteiger partial charge < -0.3 is 15.9 Å². The molecular weight excluding hydrogens is 268 g/mol. The minimum atomic E-state index is -3.75. The van der Waals surface area contributed by atoms with Crippen LogP contribution in [-0.2, 0) is 10.0 Å². The van der Waals surface area contributed by atoms with Crippen LogP contribution in [0.4, 0.5) is 5.69 Å². The molecule has 0 bridgehead atoms. The first-order valence-corrected chi connectivity index (χ1v) is 7.39. The van der Waals surface area contributed by atoms with E-state index in [4.69, 9.17) is 5.73 Å². The lowest BCUT2D eigenvalue weighted by Crippen LogP contribution is -2.40. The third-order valence-corrected chi connectivity index (χ3v) is 4.30. The van der Waals surface area contributed by atoms with Crippen molar-refractivity contribution >= 4 is 15.7 Å². The molecule has 1 aromatic rings. The number of hydrogen-bond donors (Lipinski definition) is 3. The largest absolute Gasteiger partial charge is 0.399 e. The number of anilines is 1. The number of nitrogens with two attached hydrogens (primary N) is 1. The van der Waals surface area contributed by atoms with E-state index in [2.05, 4.69) is 0 Å². The SMILES string of the molecule is CC(O)CN(CC(C)O)S(=O)(=O)c1ccc(N)cc1. The fraction of sp³-hybridized carbons (Fsp3) is 0.500. The zero-order valence-corrected chi connectivity index (χ0v) is 11.8. The summed E-state index contributed by atoms with van der Waals surface area (Å²) < 4.78 is 25.8. The Labute approximate surface area is 113 Å². The van der Waals surface area contributed by atoms with Crippen LogP contribution in [0.5, 0.6) is 0 Å². The van der Waals surface area contributed by atoms with Crippen LogP contribution in [0.15, 0.2) is 29.2 Å². The average molecular weight is 288 g/mol. The number of hydrogen-bond acceptors (Lipinski definition) is 5. The zero-order chi connectivity index (χ0) is 14.6. The number of nitrogen functional groups attached to an aromatic ring is 1. The van der Waals surface area contributed by atoms with Gasteiger partial charge in [0.2, 0.25) is 10.0 Å². The van der Waals surface area contributed by atoms with Crippen LogP contribution >= 0.6 is 0 Å². The summed E-state index contributed by atoms with van der Waals surface area (Å²) >= 11 is 0. The maximum absolute atomic E-state index is 12.4. The van der Waals surface area contributed by atoms with Gasteiger partial charge in [0.15, 0.2) is 0 Å². The van der Waals surface area contributed by atoms with Gasteiger partial charge in [0.25, 0.3) is 0 Å². The Morgan fingerprint density at radius 1 is 1.11 bits per heavy atom. The number of aliphatic hydroxyl groups is 2. The maximum atomic E-state index is 12.4. The number of aliphatic hydroxyl groups excluding tert-OH is 2. The lowest BCUT2D eigenvalue weighted by Gasteiger charge is -2.24. The monoisotopic (exact) mass is 288 g/mol. The van der Waals surface area contributed by atoms with E-state index in [0.717, 1.165) is 4.31 Å². The molecule has 2 atom stereocenters. The minimum Gasteiger partial charge on any atom is -0.399 e. The summed E-state index contributed by atoms with van der Waals surface area (Å²) in [5.74, 6) is 0. The second kappa shape index (κ2) is 6.33. The van der Waals surface area contributed by atoms with Crippen LogP contribution in [0.1, 0.15) is 13.8 Å². The molecule has 0 aromatic heterocycles. The lowest BCUT2D eigenvalue weighted by molar-refractivity contribution is 0.125. The van der Waals surface area contributed by atoms with Gasteiger partial charge in [0.1, 0.15) is 0 Å². The Hall–Kier alpha value is -1.15. The normalized spacial score (nSPS) is 15.4.